The van der Waals surface area contributed by atoms with E-state index in [-0.39, 0.29) is 18.3 Å². The predicted molar refractivity (Wildman–Crippen MR) is 66.4 cm³/mol. The number of carbonyl (C=O) groups excluding carboxylic acids is 1. The second-order valence-corrected chi connectivity index (χ2v) is 4.57. The summed E-state index contributed by atoms with van der Waals surface area (Å²) >= 11 is 0. The molecule has 2 bridgehead atoms. The van der Waals surface area contributed by atoms with Crippen LogP contribution in [0.15, 0.2) is 22.8 Å². The summed E-state index contributed by atoms with van der Waals surface area (Å²) in [5.74, 6) is 0.528. The monoisotopic (exact) mass is 256 g/mol. The van der Waals surface area contributed by atoms with Gasteiger partial charge in [-0.3, -0.25) is 4.79 Å². The molecule has 1 N–H and O–H groups in total. The number of halogens is 1. The van der Waals surface area contributed by atoms with Gasteiger partial charge in [0.1, 0.15) is 0 Å². The molecule has 4 nitrogen and oxygen atoms in total. The van der Waals surface area contributed by atoms with Gasteiger partial charge < -0.3 is 14.6 Å². The molecule has 0 saturated carbocycles. The maximum absolute atomic E-state index is 12.3. The summed E-state index contributed by atoms with van der Waals surface area (Å²) in [6, 6.07) is 4.27. The van der Waals surface area contributed by atoms with Gasteiger partial charge in [0, 0.05) is 18.6 Å². The maximum Gasteiger partial charge on any atom is 0.290 e. The van der Waals surface area contributed by atoms with Crippen molar-refractivity contribution in [3.63, 3.8) is 0 Å². The molecular formula is C12H17ClN2O2. The van der Waals surface area contributed by atoms with Gasteiger partial charge in [-0.05, 0) is 37.9 Å². The van der Waals surface area contributed by atoms with E-state index >= 15 is 0 Å². The minimum atomic E-state index is 0. The lowest BCUT2D eigenvalue weighted by Crippen LogP contribution is -2.42. The fourth-order valence-corrected chi connectivity index (χ4v) is 2.84. The van der Waals surface area contributed by atoms with Crippen molar-refractivity contribution in [2.75, 3.05) is 13.1 Å². The summed E-state index contributed by atoms with van der Waals surface area (Å²) in [5.41, 5.74) is 0. The molecule has 2 fully saturated rings. The summed E-state index contributed by atoms with van der Waals surface area (Å²) in [7, 11) is 0. The zero-order valence-electron chi connectivity index (χ0n) is 9.59. The van der Waals surface area contributed by atoms with Crippen LogP contribution in [0.1, 0.15) is 29.8 Å². The first kappa shape index (κ1) is 12.5. The van der Waals surface area contributed by atoms with E-state index in [2.05, 4.69) is 5.32 Å². The number of hydrogen-bond acceptors (Lipinski definition) is 3. The Morgan fingerprint density at radius 1 is 1.35 bits per heavy atom. The van der Waals surface area contributed by atoms with E-state index < -0.39 is 0 Å². The molecule has 2 saturated heterocycles. The highest BCUT2D eigenvalue weighted by Gasteiger charge is 2.39. The second-order valence-electron chi connectivity index (χ2n) is 4.57. The molecule has 2 aliphatic rings. The highest BCUT2D eigenvalue weighted by atomic mass is 35.5. The highest BCUT2D eigenvalue weighted by molar-refractivity contribution is 5.92. The molecule has 2 atom stereocenters. The normalized spacial score (nSPS) is 27.4. The molecule has 17 heavy (non-hydrogen) atoms. The minimum Gasteiger partial charge on any atom is -0.459 e. The van der Waals surface area contributed by atoms with Crippen LogP contribution in [-0.4, -0.2) is 36.0 Å². The molecule has 3 heterocycles. The minimum absolute atomic E-state index is 0. The Bertz CT molecular complexity index is 366. The van der Waals surface area contributed by atoms with E-state index in [4.69, 9.17) is 4.42 Å². The standard InChI is InChI=1S/C12H16N2O2.ClH/c15-12(11-2-1-7-16-11)14-9-3-4-10(14)8-13-6-5-9;/h1-2,7,9-10,13H,3-6,8H2;1H. The molecule has 1 aromatic rings. The van der Waals surface area contributed by atoms with Gasteiger partial charge in [0.2, 0.25) is 0 Å². The number of rotatable bonds is 1. The molecule has 94 valence electrons. The largest absolute Gasteiger partial charge is 0.459 e. The Labute approximate surface area is 107 Å². The summed E-state index contributed by atoms with van der Waals surface area (Å²) < 4.78 is 5.20. The van der Waals surface area contributed by atoms with Crippen LogP contribution in [0.3, 0.4) is 0 Å². The Balaban J connectivity index is 0.00000108. The lowest BCUT2D eigenvalue weighted by atomic mass is 10.1. The van der Waals surface area contributed by atoms with E-state index in [1.807, 2.05) is 4.90 Å². The topological polar surface area (TPSA) is 45.5 Å². The average Bonchev–Trinajstić information content (AvgIpc) is 2.84. The van der Waals surface area contributed by atoms with Crippen LogP contribution in [0.5, 0.6) is 0 Å². The van der Waals surface area contributed by atoms with E-state index in [0.717, 1.165) is 32.4 Å². The number of hydrogen-bond donors (Lipinski definition) is 1. The number of furan rings is 1. The zero-order chi connectivity index (χ0) is 11.0. The summed E-state index contributed by atoms with van der Waals surface area (Å²) in [6.45, 7) is 1.94. The third-order valence-electron chi connectivity index (χ3n) is 3.62. The van der Waals surface area contributed by atoms with Gasteiger partial charge in [0.25, 0.3) is 5.91 Å². The van der Waals surface area contributed by atoms with Crippen LogP contribution in [0.25, 0.3) is 0 Å². The van der Waals surface area contributed by atoms with Crippen molar-refractivity contribution < 1.29 is 9.21 Å². The first-order valence-corrected chi connectivity index (χ1v) is 5.93. The zero-order valence-corrected chi connectivity index (χ0v) is 10.4. The summed E-state index contributed by atoms with van der Waals surface area (Å²) in [5, 5.41) is 3.38. The van der Waals surface area contributed by atoms with Gasteiger partial charge in [0.05, 0.1) is 6.26 Å². The van der Waals surface area contributed by atoms with E-state index in [1.54, 1.807) is 18.4 Å². The van der Waals surface area contributed by atoms with Gasteiger partial charge >= 0.3 is 0 Å². The Hall–Kier alpha value is -1.00. The van der Waals surface area contributed by atoms with Crippen LogP contribution in [0.2, 0.25) is 0 Å². The molecule has 1 aromatic heterocycles. The van der Waals surface area contributed by atoms with Gasteiger partial charge in [-0.25, -0.2) is 0 Å². The second kappa shape index (κ2) is 5.10. The van der Waals surface area contributed by atoms with Crippen molar-refractivity contribution in [1.82, 2.24) is 10.2 Å². The van der Waals surface area contributed by atoms with Crippen LogP contribution < -0.4 is 5.32 Å². The molecule has 0 aromatic carbocycles. The van der Waals surface area contributed by atoms with Crippen molar-refractivity contribution in [1.29, 1.82) is 0 Å². The first-order chi connectivity index (χ1) is 7.86. The van der Waals surface area contributed by atoms with E-state index in [1.165, 1.54) is 0 Å². The quantitative estimate of drug-likeness (QED) is 0.831. The molecule has 2 unspecified atom stereocenters. The third kappa shape index (κ3) is 2.19. The fourth-order valence-electron chi connectivity index (χ4n) is 2.84. The van der Waals surface area contributed by atoms with Crippen LogP contribution >= 0.6 is 12.4 Å². The van der Waals surface area contributed by atoms with Crippen molar-refractivity contribution in [2.24, 2.45) is 0 Å². The molecule has 5 heteroatoms. The molecule has 0 spiro atoms. The molecule has 2 aliphatic heterocycles. The van der Waals surface area contributed by atoms with Crippen LogP contribution in [-0.2, 0) is 0 Å². The number of fused-ring (bicyclic) bond motifs is 2. The third-order valence-corrected chi connectivity index (χ3v) is 3.62. The summed E-state index contributed by atoms with van der Waals surface area (Å²) in [4.78, 5) is 14.3. The van der Waals surface area contributed by atoms with Crippen molar-refractivity contribution in [3.05, 3.63) is 24.2 Å². The smallest absolute Gasteiger partial charge is 0.290 e. The van der Waals surface area contributed by atoms with Crippen molar-refractivity contribution >= 4 is 18.3 Å². The Morgan fingerprint density at radius 2 is 2.18 bits per heavy atom. The first-order valence-electron chi connectivity index (χ1n) is 5.93. The molecule has 0 aliphatic carbocycles. The maximum atomic E-state index is 12.3. The van der Waals surface area contributed by atoms with Crippen LogP contribution in [0.4, 0.5) is 0 Å². The number of nitrogens with zero attached hydrogens (tertiary/aromatic N) is 1. The Morgan fingerprint density at radius 3 is 2.94 bits per heavy atom. The van der Waals surface area contributed by atoms with E-state index in [9.17, 15) is 4.79 Å². The fraction of sp³-hybridized carbons (Fsp3) is 0.583. The number of amides is 1. The van der Waals surface area contributed by atoms with Gasteiger partial charge in [0.15, 0.2) is 5.76 Å². The predicted octanol–water partition coefficient (Wildman–Crippen LogP) is 1.67. The SMILES string of the molecule is Cl.O=C(c1ccco1)N1C2CCNCC1CC2. The van der Waals surface area contributed by atoms with Gasteiger partial charge in [-0.15, -0.1) is 12.4 Å². The lowest BCUT2D eigenvalue weighted by Gasteiger charge is -2.26. The van der Waals surface area contributed by atoms with Crippen LogP contribution in [0, 0.1) is 0 Å². The molecule has 3 rings (SSSR count). The van der Waals surface area contributed by atoms with Crippen molar-refractivity contribution in [2.45, 2.75) is 31.3 Å². The number of carbonyl (C=O) groups is 1. The van der Waals surface area contributed by atoms with Gasteiger partial charge in [-0.2, -0.15) is 0 Å². The average molecular weight is 257 g/mol. The van der Waals surface area contributed by atoms with Gasteiger partial charge in [-0.1, -0.05) is 0 Å². The molecule has 1 amide bonds. The highest BCUT2D eigenvalue weighted by Crippen LogP contribution is 2.29. The molecule has 0 radical (unpaired) electrons. The lowest BCUT2D eigenvalue weighted by molar-refractivity contribution is 0.0647. The van der Waals surface area contributed by atoms with E-state index in [0.29, 0.717) is 17.8 Å². The van der Waals surface area contributed by atoms with Crippen molar-refractivity contribution in [3.8, 4) is 0 Å². The Kier molecular flexibility index (Phi) is 3.74. The summed E-state index contributed by atoms with van der Waals surface area (Å²) in [6.07, 6.45) is 4.87. The number of nitrogens with one attached hydrogen (secondary N) is 1. The molecular weight excluding hydrogens is 240 g/mol.